The number of nitrogens with one attached hydrogen (secondary N) is 2. The van der Waals surface area contributed by atoms with E-state index in [9.17, 15) is 0 Å². The third kappa shape index (κ3) is 5.53. The van der Waals surface area contributed by atoms with Crippen molar-refractivity contribution in [2.75, 3.05) is 26.2 Å². The fraction of sp³-hybridized carbons (Fsp3) is 0.590. The van der Waals surface area contributed by atoms with Crippen LogP contribution in [-0.2, 0) is 12.8 Å². The number of H-pyrrole nitrogens is 2. The van der Waals surface area contributed by atoms with Crippen LogP contribution >= 0.6 is 34.8 Å². The zero-order valence-electron chi connectivity index (χ0n) is 27.3. The van der Waals surface area contributed by atoms with Crippen molar-refractivity contribution in [3.05, 3.63) is 71.0 Å². The number of aromatic amines is 2. The van der Waals surface area contributed by atoms with Crippen molar-refractivity contribution in [1.29, 1.82) is 0 Å². The quantitative estimate of drug-likeness (QED) is 0.207. The number of piperidine rings is 4. The van der Waals surface area contributed by atoms with Gasteiger partial charge in [0.05, 0.1) is 0 Å². The van der Waals surface area contributed by atoms with Crippen LogP contribution in [0.15, 0.2) is 48.5 Å². The van der Waals surface area contributed by atoms with Gasteiger partial charge in [-0.1, -0.05) is 97.9 Å². The summed E-state index contributed by atoms with van der Waals surface area (Å²) >= 11 is 14.4. The van der Waals surface area contributed by atoms with Crippen molar-refractivity contribution < 1.29 is 0 Å². The van der Waals surface area contributed by atoms with E-state index >= 15 is 0 Å². The minimum absolute atomic E-state index is 0.750. The van der Waals surface area contributed by atoms with Crippen LogP contribution in [0.4, 0.5) is 0 Å². The molecule has 4 nitrogen and oxygen atoms in total. The van der Waals surface area contributed by atoms with Crippen LogP contribution in [0.25, 0.3) is 21.8 Å². The molecule has 8 heterocycles. The number of benzene rings is 2. The largest absolute Gasteiger partial charge is 0.358 e. The van der Waals surface area contributed by atoms with Gasteiger partial charge in [-0.2, -0.15) is 0 Å². The number of hydrogen-bond donors (Lipinski definition) is 2. The molecule has 10 atom stereocenters. The van der Waals surface area contributed by atoms with E-state index in [0.717, 1.165) is 47.6 Å². The Morgan fingerprint density at radius 2 is 1.07 bits per heavy atom. The van der Waals surface area contributed by atoms with E-state index in [0.29, 0.717) is 0 Å². The lowest BCUT2D eigenvalue weighted by atomic mass is 9.65. The average Bonchev–Trinajstić information content (AvgIpc) is 3.58. The highest BCUT2D eigenvalue weighted by Crippen LogP contribution is 2.52. The first-order valence-electron chi connectivity index (χ1n) is 18.0. The molecule has 2 saturated carbocycles. The molecule has 8 bridgehead atoms. The summed E-state index contributed by atoms with van der Waals surface area (Å²) in [5, 5.41) is 2.95. The minimum atomic E-state index is -0.750. The Balaban J connectivity index is 0.000000122. The van der Waals surface area contributed by atoms with Crippen molar-refractivity contribution in [2.45, 2.75) is 93.4 Å². The molecule has 2 aromatic heterocycles. The van der Waals surface area contributed by atoms with Crippen LogP contribution in [0.2, 0.25) is 0 Å². The number of halogens is 3. The highest BCUT2D eigenvalue weighted by molar-refractivity contribution is 6.63. The monoisotopic (exact) mass is 678 g/mol. The van der Waals surface area contributed by atoms with E-state index in [1.807, 2.05) is 0 Å². The van der Waals surface area contributed by atoms with Gasteiger partial charge in [0.15, 0.2) is 4.30 Å². The Morgan fingerprint density at radius 1 is 0.652 bits per heavy atom. The molecule has 46 heavy (non-hydrogen) atoms. The first-order valence-corrected chi connectivity index (χ1v) is 19.3. The number of alkyl halides is 3. The third-order valence-corrected chi connectivity index (χ3v) is 12.8. The lowest BCUT2D eigenvalue weighted by molar-refractivity contribution is -0.0134. The summed E-state index contributed by atoms with van der Waals surface area (Å²) < 4.78 is -0.750. The smallest absolute Gasteiger partial charge is 0.180 e. The van der Waals surface area contributed by atoms with E-state index in [2.05, 4.69) is 82.1 Å². The molecule has 4 aromatic rings. The fourth-order valence-electron chi connectivity index (χ4n) is 11.3. The average molecular weight is 680 g/mol. The second-order valence-corrected chi connectivity index (χ2v) is 17.0. The molecule has 7 heteroatoms. The molecule has 2 N–H and O–H groups in total. The number of para-hydroxylation sites is 2. The van der Waals surface area contributed by atoms with Crippen LogP contribution in [0.1, 0.15) is 86.7 Å². The molecule has 2 aliphatic carbocycles. The van der Waals surface area contributed by atoms with Crippen LogP contribution in [-0.4, -0.2) is 62.3 Å². The maximum Gasteiger partial charge on any atom is 0.180 e. The van der Waals surface area contributed by atoms with E-state index in [1.54, 1.807) is 22.5 Å². The van der Waals surface area contributed by atoms with Gasteiger partial charge in [-0.25, -0.2) is 0 Å². The molecule has 246 valence electrons. The van der Waals surface area contributed by atoms with Gasteiger partial charge >= 0.3 is 0 Å². The van der Waals surface area contributed by atoms with E-state index < -0.39 is 4.30 Å². The number of hydrogen-bond acceptors (Lipinski definition) is 2. The van der Waals surface area contributed by atoms with E-state index in [-0.39, 0.29) is 0 Å². The molecule has 2 aromatic carbocycles. The van der Waals surface area contributed by atoms with Crippen molar-refractivity contribution in [3.8, 4) is 0 Å². The lowest BCUT2D eigenvalue weighted by Gasteiger charge is -2.53. The summed E-state index contributed by atoms with van der Waals surface area (Å²) in [6, 6.07) is 19.4. The second-order valence-electron chi connectivity index (χ2n) is 15.1. The van der Waals surface area contributed by atoms with Crippen molar-refractivity contribution >= 4 is 56.6 Å². The summed E-state index contributed by atoms with van der Waals surface area (Å²) in [4.78, 5) is 13.3. The van der Waals surface area contributed by atoms with Gasteiger partial charge in [-0.15, -0.1) is 0 Å². The molecular formula is C39H49Cl3N4. The predicted molar refractivity (Wildman–Crippen MR) is 195 cm³/mol. The number of fused-ring (bicyclic) bond motifs is 8. The van der Waals surface area contributed by atoms with Crippen LogP contribution in [0, 0.1) is 23.7 Å². The van der Waals surface area contributed by atoms with Gasteiger partial charge in [0.2, 0.25) is 0 Å². The second kappa shape index (κ2) is 13.0. The van der Waals surface area contributed by atoms with Crippen LogP contribution in [0.5, 0.6) is 0 Å². The standard InChI is InChI=1S/2C19H24N2.CHCl3/c2*1-2-13-9-12-10-16-18-15(7-8-21(11-12)19(13)16)14-5-3-4-6-17(14)20-18;2-1(3)4/h2*3-6,12-13,16,19-20H,2,7-11H2,1H3;1H/t2*12-,13-,16+,19+;/m00./s1. The van der Waals surface area contributed by atoms with E-state index in [1.165, 1.54) is 99.4 Å². The van der Waals surface area contributed by atoms with Gasteiger partial charge in [0.1, 0.15) is 0 Å². The fourth-order valence-corrected chi connectivity index (χ4v) is 11.3. The molecule has 6 fully saturated rings. The van der Waals surface area contributed by atoms with Gasteiger partial charge in [0.25, 0.3) is 0 Å². The summed E-state index contributed by atoms with van der Waals surface area (Å²) in [6.07, 6.45) is 10.9. The summed E-state index contributed by atoms with van der Waals surface area (Å²) in [6.45, 7) is 10.0. The SMILES string of the molecule is CC[C@H]1C[C@H]2C[C@@H]3c4[nH]c5ccccc5c4CCN(C2)[C@H]13.CC[C@H]1C[C@H]2C[C@@H]3c4[nH]c5ccccc5c4CCN(C2)[C@H]13.ClC(Cl)Cl. The third-order valence-electron chi connectivity index (χ3n) is 12.8. The van der Waals surface area contributed by atoms with Crippen molar-refractivity contribution in [3.63, 3.8) is 0 Å². The topological polar surface area (TPSA) is 38.1 Å². The first kappa shape index (κ1) is 31.6. The molecule has 2 unspecified atom stereocenters. The Kier molecular flexibility index (Phi) is 8.90. The van der Waals surface area contributed by atoms with Gasteiger partial charge in [-0.05, 0) is 85.5 Å². The maximum atomic E-state index is 4.81. The maximum absolute atomic E-state index is 4.81. The van der Waals surface area contributed by atoms with Gasteiger partial charge < -0.3 is 9.97 Å². The predicted octanol–water partition coefficient (Wildman–Crippen LogP) is 9.84. The number of rotatable bonds is 2. The number of nitrogens with zero attached hydrogens (tertiary/aromatic N) is 2. The first-order chi connectivity index (χ1) is 22.4. The molecule has 4 saturated heterocycles. The Bertz CT molecular complexity index is 1550. The van der Waals surface area contributed by atoms with Gasteiger partial charge in [-0.3, -0.25) is 9.80 Å². The van der Waals surface area contributed by atoms with Gasteiger partial charge in [0, 0.05) is 83.3 Å². The molecule has 8 aliphatic rings. The van der Waals surface area contributed by atoms with Crippen LogP contribution in [0.3, 0.4) is 0 Å². The van der Waals surface area contributed by atoms with Crippen LogP contribution < -0.4 is 0 Å². The lowest BCUT2D eigenvalue weighted by Crippen LogP contribution is -2.56. The molecule has 0 spiro atoms. The van der Waals surface area contributed by atoms with Crippen molar-refractivity contribution in [1.82, 2.24) is 19.8 Å². The molecule has 6 aliphatic heterocycles. The molecule has 0 radical (unpaired) electrons. The highest BCUT2D eigenvalue weighted by Gasteiger charge is 2.50. The Morgan fingerprint density at radius 3 is 1.48 bits per heavy atom. The van der Waals surface area contributed by atoms with E-state index in [4.69, 9.17) is 34.8 Å². The zero-order chi connectivity index (χ0) is 31.5. The summed E-state index contributed by atoms with van der Waals surface area (Å²) in [5.41, 5.74) is 9.13. The summed E-state index contributed by atoms with van der Waals surface area (Å²) in [7, 11) is 0. The zero-order valence-corrected chi connectivity index (χ0v) is 29.6. The molecular weight excluding hydrogens is 631 g/mol. The summed E-state index contributed by atoms with van der Waals surface area (Å²) in [5.74, 6) is 5.21. The Hall–Kier alpha value is -1.69. The highest BCUT2D eigenvalue weighted by atomic mass is 35.6. The minimum Gasteiger partial charge on any atom is -0.358 e. The number of aromatic nitrogens is 2. The van der Waals surface area contributed by atoms with Crippen molar-refractivity contribution in [2.24, 2.45) is 23.7 Å². The Labute approximate surface area is 289 Å². The molecule has 12 rings (SSSR count). The molecule has 0 amide bonds. The normalized spacial score (nSPS) is 35.0.